The number of hydrogen-bond acceptors (Lipinski definition) is 2. The van der Waals surface area contributed by atoms with Crippen molar-refractivity contribution in [2.24, 2.45) is 0 Å². The van der Waals surface area contributed by atoms with Crippen molar-refractivity contribution in [1.29, 1.82) is 0 Å². The molecule has 0 atom stereocenters. The van der Waals surface area contributed by atoms with Gasteiger partial charge in [0, 0.05) is 22.2 Å². The van der Waals surface area contributed by atoms with Crippen LogP contribution in [0.3, 0.4) is 0 Å². The minimum Gasteiger partial charge on any atom is -0.292 e. The lowest BCUT2D eigenvalue weighted by Gasteiger charge is -2.13. The molecule has 4 heteroatoms. The maximum absolute atomic E-state index is 12.3. The van der Waals surface area contributed by atoms with Crippen molar-refractivity contribution in [2.75, 3.05) is 0 Å². The molecule has 2 nitrogen and oxygen atoms in total. The first-order valence-electron chi connectivity index (χ1n) is 7.05. The number of aromatic nitrogens is 1. The molecule has 1 aliphatic carbocycles. The van der Waals surface area contributed by atoms with Crippen LogP contribution in [0.15, 0.2) is 24.3 Å². The summed E-state index contributed by atoms with van der Waals surface area (Å²) in [7, 11) is 0. The number of nitrogens with zero attached hydrogens (tertiary/aromatic N) is 1. The van der Waals surface area contributed by atoms with E-state index in [1.54, 1.807) is 6.07 Å². The number of Topliss-reactive ketones (excluding diaryl/α,β-unsaturated/α-hetero) is 1. The van der Waals surface area contributed by atoms with Gasteiger partial charge in [-0.3, -0.25) is 4.79 Å². The van der Waals surface area contributed by atoms with E-state index >= 15 is 0 Å². The summed E-state index contributed by atoms with van der Waals surface area (Å²) in [4.78, 5) is 16.7. The van der Waals surface area contributed by atoms with E-state index in [0.29, 0.717) is 22.2 Å². The van der Waals surface area contributed by atoms with E-state index < -0.39 is 0 Å². The van der Waals surface area contributed by atoms with Crippen molar-refractivity contribution >= 4 is 29.0 Å². The molecule has 1 aromatic carbocycles. The molecule has 21 heavy (non-hydrogen) atoms. The van der Waals surface area contributed by atoms with Gasteiger partial charge < -0.3 is 0 Å². The average Bonchev–Trinajstić information content (AvgIpc) is 2.59. The minimum atomic E-state index is 0.139. The van der Waals surface area contributed by atoms with Gasteiger partial charge >= 0.3 is 0 Å². The first kappa shape index (κ1) is 14.6. The number of benzene rings is 1. The monoisotopic (exact) mass is 319 g/mol. The van der Waals surface area contributed by atoms with Crippen LogP contribution in [-0.2, 0) is 6.42 Å². The van der Waals surface area contributed by atoms with Crippen LogP contribution in [0.2, 0.25) is 10.0 Å². The maximum Gasteiger partial charge on any atom is 0.181 e. The van der Waals surface area contributed by atoms with Gasteiger partial charge in [-0.15, -0.1) is 0 Å². The zero-order valence-corrected chi connectivity index (χ0v) is 13.3. The van der Waals surface area contributed by atoms with Crippen LogP contribution in [0.1, 0.15) is 41.0 Å². The van der Waals surface area contributed by atoms with Crippen LogP contribution in [0.4, 0.5) is 0 Å². The van der Waals surface area contributed by atoms with Gasteiger partial charge in [0.05, 0.1) is 0 Å². The third-order valence-electron chi connectivity index (χ3n) is 3.77. The van der Waals surface area contributed by atoms with Crippen molar-refractivity contribution in [3.63, 3.8) is 0 Å². The van der Waals surface area contributed by atoms with E-state index in [1.807, 2.05) is 25.1 Å². The largest absolute Gasteiger partial charge is 0.292 e. The number of carbonyl (C=O) groups excluding carboxylic acids is 1. The quantitative estimate of drug-likeness (QED) is 0.670. The number of pyridine rings is 1. The third-order valence-corrected chi connectivity index (χ3v) is 4.21. The Morgan fingerprint density at radius 2 is 1.67 bits per heavy atom. The number of hydrogen-bond donors (Lipinski definition) is 0. The van der Waals surface area contributed by atoms with Crippen molar-refractivity contribution in [2.45, 2.75) is 32.6 Å². The van der Waals surface area contributed by atoms with Gasteiger partial charge in [-0.05, 0) is 67.1 Å². The molecule has 0 unspecified atom stereocenters. The molecule has 0 saturated carbocycles. The molecule has 0 aliphatic heterocycles. The summed E-state index contributed by atoms with van der Waals surface area (Å²) in [5, 5.41) is 1.20. The Labute approximate surface area is 134 Å². The summed E-state index contributed by atoms with van der Waals surface area (Å²) >= 11 is 12.2. The lowest BCUT2D eigenvalue weighted by atomic mass is 9.95. The molecular formula is C17H15Cl2NO. The number of carbonyl (C=O) groups is 1. The highest BCUT2D eigenvalue weighted by Gasteiger charge is 2.21. The predicted molar refractivity (Wildman–Crippen MR) is 86.3 cm³/mol. The highest BCUT2D eigenvalue weighted by atomic mass is 35.5. The lowest BCUT2D eigenvalue weighted by Crippen LogP contribution is -2.07. The second-order valence-corrected chi connectivity index (χ2v) is 6.30. The molecule has 0 spiro atoms. The lowest BCUT2D eigenvalue weighted by molar-refractivity contribution is 0.0977. The Hall–Kier alpha value is -1.38. The molecule has 0 radical (unpaired) electrons. The molecule has 0 amide bonds. The topological polar surface area (TPSA) is 30.0 Å². The summed E-state index contributed by atoms with van der Waals surface area (Å²) < 4.78 is 0. The van der Waals surface area contributed by atoms with Crippen molar-refractivity contribution in [3.8, 4) is 11.1 Å². The number of fused-ring (bicyclic) bond motifs is 1. The molecule has 0 saturated heterocycles. The molecule has 0 N–H and O–H groups in total. The molecule has 3 rings (SSSR count). The smallest absolute Gasteiger partial charge is 0.181 e. The van der Waals surface area contributed by atoms with Gasteiger partial charge in [-0.25, -0.2) is 4.98 Å². The molecule has 0 bridgehead atoms. The zero-order valence-electron chi connectivity index (χ0n) is 11.7. The predicted octanol–water partition coefficient (Wildman–Crippen LogP) is 5.27. The van der Waals surface area contributed by atoms with E-state index in [4.69, 9.17) is 23.2 Å². The van der Waals surface area contributed by atoms with Gasteiger partial charge in [0.1, 0.15) is 5.69 Å². The normalized spacial score (nSPS) is 14.7. The molecule has 1 aliphatic rings. The molecule has 1 aromatic heterocycles. The van der Waals surface area contributed by atoms with Crippen LogP contribution in [0, 0.1) is 6.92 Å². The highest BCUT2D eigenvalue weighted by molar-refractivity contribution is 6.35. The Morgan fingerprint density at radius 3 is 2.38 bits per heavy atom. The van der Waals surface area contributed by atoms with Crippen molar-refractivity contribution in [3.05, 3.63) is 51.3 Å². The van der Waals surface area contributed by atoms with Crippen LogP contribution in [-0.4, -0.2) is 10.8 Å². The fourth-order valence-corrected chi connectivity index (χ4v) is 3.38. The molecule has 1 heterocycles. The molecule has 108 valence electrons. The first-order valence-corrected chi connectivity index (χ1v) is 7.80. The fraction of sp³-hybridized carbons (Fsp3) is 0.294. The van der Waals surface area contributed by atoms with Gasteiger partial charge in [-0.2, -0.15) is 0 Å². The van der Waals surface area contributed by atoms with E-state index in [0.717, 1.165) is 41.6 Å². The standard InChI is InChI=1S/C17H15Cl2NO/c1-10-6-15(11-7-12(18)9-13(19)8-11)14-4-2-3-5-16(21)17(14)20-10/h6-9H,2-5H2,1H3. The van der Waals surface area contributed by atoms with E-state index in [-0.39, 0.29) is 5.78 Å². The minimum absolute atomic E-state index is 0.139. The average molecular weight is 320 g/mol. The van der Waals surface area contributed by atoms with Crippen molar-refractivity contribution < 1.29 is 4.79 Å². The fourth-order valence-electron chi connectivity index (χ4n) is 2.86. The number of rotatable bonds is 1. The molecule has 2 aromatic rings. The van der Waals surface area contributed by atoms with Crippen LogP contribution < -0.4 is 0 Å². The Kier molecular flexibility index (Phi) is 4.01. The third kappa shape index (κ3) is 2.97. The summed E-state index contributed by atoms with van der Waals surface area (Å²) in [6.45, 7) is 1.91. The van der Waals surface area contributed by atoms with E-state index in [1.165, 1.54) is 0 Å². The summed E-state index contributed by atoms with van der Waals surface area (Å²) in [6, 6.07) is 7.50. The van der Waals surface area contributed by atoms with Gasteiger partial charge in [0.15, 0.2) is 5.78 Å². The Balaban J connectivity index is 2.25. The number of ketones is 1. The second kappa shape index (κ2) is 5.78. The van der Waals surface area contributed by atoms with Gasteiger partial charge in [0.25, 0.3) is 0 Å². The van der Waals surface area contributed by atoms with E-state index in [9.17, 15) is 4.79 Å². The van der Waals surface area contributed by atoms with E-state index in [2.05, 4.69) is 4.98 Å². The maximum atomic E-state index is 12.3. The highest BCUT2D eigenvalue weighted by Crippen LogP contribution is 2.33. The number of halogens is 2. The van der Waals surface area contributed by atoms with Crippen LogP contribution >= 0.6 is 23.2 Å². The second-order valence-electron chi connectivity index (χ2n) is 5.43. The zero-order chi connectivity index (χ0) is 15.0. The van der Waals surface area contributed by atoms with Gasteiger partial charge in [0.2, 0.25) is 0 Å². The Bertz CT molecular complexity index is 705. The Morgan fingerprint density at radius 1 is 1.00 bits per heavy atom. The number of aryl methyl sites for hydroxylation is 1. The SMILES string of the molecule is Cc1cc(-c2cc(Cl)cc(Cl)c2)c2c(n1)C(=O)CCCC2. The van der Waals surface area contributed by atoms with Crippen LogP contribution in [0.5, 0.6) is 0 Å². The van der Waals surface area contributed by atoms with Crippen molar-refractivity contribution in [1.82, 2.24) is 4.98 Å². The summed E-state index contributed by atoms with van der Waals surface area (Å²) in [5.41, 5.74) is 4.47. The van der Waals surface area contributed by atoms with Crippen LogP contribution in [0.25, 0.3) is 11.1 Å². The summed E-state index contributed by atoms with van der Waals surface area (Å²) in [6.07, 6.45) is 3.38. The van der Waals surface area contributed by atoms with Gasteiger partial charge in [-0.1, -0.05) is 23.2 Å². The molecule has 0 fully saturated rings. The first-order chi connectivity index (χ1) is 10.0. The molecular weight excluding hydrogens is 305 g/mol. The summed E-state index contributed by atoms with van der Waals surface area (Å²) in [5.74, 6) is 0.139.